The number of carbonyl (C=O) groups excluding carboxylic acids is 1. The monoisotopic (exact) mass is 256 g/mol. The minimum atomic E-state index is -0.317. The predicted molar refractivity (Wildman–Crippen MR) is 64.0 cm³/mol. The third-order valence-electron chi connectivity index (χ3n) is 3.99. The third-order valence-corrected chi connectivity index (χ3v) is 4.21. The van der Waals surface area contributed by atoms with Gasteiger partial charge in [0.15, 0.2) is 5.11 Å². The molecule has 2 saturated heterocycles. The molecule has 1 saturated carbocycles. The van der Waals surface area contributed by atoms with Gasteiger partial charge in [0.05, 0.1) is 18.1 Å². The molecule has 3 aliphatic rings. The van der Waals surface area contributed by atoms with Gasteiger partial charge in [-0.05, 0) is 43.8 Å². The summed E-state index contributed by atoms with van der Waals surface area (Å²) >= 11 is 4.95. The van der Waals surface area contributed by atoms with E-state index in [1.165, 1.54) is 0 Å². The Morgan fingerprint density at radius 1 is 1.35 bits per heavy atom. The largest absolute Gasteiger partial charge is 0.393 e. The second kappa shape index (κ2) is 4.19. The molecule has 0 aromatic carbocycles. The first-order chi connectivity index (χ1) is 8.13. The maximum atomic E-state index is 11.8. The van der Waals surface area contributed by atoms with Crippen molar-refractivity contribution in [1.29, 1.82) is 0 Å². The lowest BCUT2D eigenvalue weighted by molar-refractivity contribution is -0.166. The Morgan fingerprint density at radius 3 is 3.00 bits per heavy atom. The smallest absolute Gasteiger partial charge is 0.233 e. The van der Waals surface area contributed by atoms with E-state index in [2.05, 4.69) is 10.6 Å². The Balaban J connectivity index is 1.75. The highest BCUT2D eigenvalue weighted by atomic mass is 32.1. The number of hydrogen-bond acceptors (Lipinski definition) is 4. The lowest BCUT2D eigenvalue weighted by atomic mass is 9.76. The highest BCUT2D eigenvalue weighted by molar-refractivity contribution is 7.80. The number of fused-ring (bicyclic) bond motifs is 2. The zero-order chi connectivity index (χ0) is 12.0. The third kappa shape index (κ3) is 2.05. The van der Waals surface area contributed by atoms with Crippen LogP contribution in [-0.2, 0) is 9.53 Å². The van der Waals surface area contributed by atoms with Crippen LogP contribution in [0.25, 0.3) is 0 Å². The number of thiocarbonyl (C=S) groups is 1. The average molecular weight is 256 g/mol. The van der Waals surface area contributed by atoms with Crippen LogP contribution in [0.5, 0.6) is 0 Å². The molecule has 3 N–H and O–H groups in total. The van der Waals surface area contributed by atoms with Crippen LogP contribution < -0.4 is 10.6 Å². The zero-order valence-corrected chi connectivity index (χ0v) is 10.2. The SMILES string of the molecule is O=C1NC(=S)NC2OC3CC(O)CCC3CC12. The van der Waals surface area contributed by atoms with Crippen molar-refractivity contribution in [2.24, 2.45) is 11.8 Å². The van der Waals surface area contributed by atoms with Gasteiger partial charge in [-0.1, -0.05) is 0 Å². The maximum absolute atomic E-state index is 11.8. The fraction of sp³-hybridized carbons (Fsp3) is 0.818. The summed E-state index contributed by atoms with van der Waals surface area (Å²) in [5.74, 6) is 0.195. The molecular formula is C11H16N2O3S. The van der Waals surface area contributed by atoms with Gasteiger partial charge in [-0.25, -0.2) is 0 Å². The number of rotatable bonds is 0. The van der Waals surface area contributed by atoms with Crippen LogP contribution in [-0.4, -0.2) is 34.6 Å². The van der Waals surface area contributed by atoms with Gasteiger partial charge in [-0.3, -0.25) is 4.79 Å². The van der Waals surface area contributed by atoms with Crippen molar-refractivity contribution in [3.05, 3.63) is 0 Å². The quantitative estimate of drug-likeness (QED) is 0.527. The molecule has 3 fully saturated rings. The Labute approximate surface area is 105 Å². The molecule has 94 valence electrons. The molecule has 5 nitrogen and oxygen atoms in total. The molecular weight excluding hydrogens is 240 g/mol. The van der Waals surface area contributed by atoms with E-state index in [1.54, 1.807) is 0 Å². The minimum absolute atomic E-state index is 0.0386. The number of nitrogens with one attached hydrogen (secondary N) is 2. The zero-order valence-electron chi connectivity index (χ0n) is 9.39. The molecule has 0 aromatic rings. The highest BCUT2D eigenvalue weighted by Gasteiger charge is 2.45. The number of ether oxygens (including phenoxy) is 1. The van der Waals surface area contributed by atoms with Crippen molar-refractivity contribution in [2.45, 2.75) is 44.1 Å². The Morgan fingerprint density at radius 2 is 2.18 bits per heavy atom. The van der Waals surface area contributed by atoms with Gasteiger partial charge in [0.2, 0.25) is 5.91 Å². The average Bonchev–Trinajstić information content (AvgIpc) is 2.26. The summed E-state index contributed by atoms with van der Waals surface area (Å²) in [6, 6.07) is 0. The van der Waals surface area contributed by atoms with Gasteiger partial charge < -0.3 is 20.5 Å². The summed E-state index contributed by atoms with van der Waals surface area (Å²) < 4.78 is 5.89. The minimum Gasteiger partial charge on any atom is -0.393 e. The number of aliphatic hydroxyl groups excluding tert-OH is 1. The van der Waals surface area contributed by atoms with Crippen LogP contribution in [0.2, 0.25) is 0 Å². The molecule has 5 atom stereocenters. The fourth-order valence-electron chi connectivity index (χ4n) is 3.09. The van der Waals surface area contributed by atoms with Crippen molar-refractivity contribution in [3.8, 4) is 0 Å². The van der Waals surface area contributed by atoms with Gasteiger partial charge in [0.25, 0.3) is 0 Å². The van der Waals surface area contributed by atoms with E-state index in [-0.39, 0.29) is 30.3 Å². The van der Waals surface area contributed by atoms with E-state index in [9.17, 15) is 9.90 Å². The molecule has 17 heavy (non-hydrogen) atoms. The molecule has 6 heteroatoms. The number of carbonyl (C=O) groups is 1. The van der Waals surface area contributed by atoms with Crippen molar-refractivity contribution in [3.63, 3.8) is 0 Å². The molecule has 2 aliphatic heterocycles. The fourth-order valence-corrected chi connectivity index (χ4v) is 3.31. The summed E-state index contributed by atoms with van der Waals surface area (Å²) in [4.78, 5) is 11.8. The summed E-state index contributed by atoms with van der Waals surface area (Å²) in [5, 5.41) is 15.6. The van der Waals surface area contributed by atoms with Crippen LogP contribution >= 0.6 is 12.2 Å². The van der Waals surface area contributed by atoms with E-state index >= 15 is 0 Å². The first-order valence-electron chi connectivity index (χ1n) is 6.08. The number of amides is 1. The Bertz CT molecular complexity index is 363. The molecule has 3 rings (SSSR count). The molecule has 0 aromatic heterocycles. The van der Waals surface area contributed by atoms with Crippen molar-refractivity contribution < 1.29 is 14.6 Å². The van der Waals surface area contributed by atoms with Crippen LogP contribution in [0, 0.1) is 11.8 Å². The van der Waals surface area contributed by atoms with Crippen LogP contribution in [0.15, 0.2) is 0 Å². The molecule has 5 unspecified atom stereocenters. The lowest BCUT2D eigenvalue weighted by Crippen LogP contribution is -2.63. The van der Waals surface area contributed by atoms with Gasteiger partial charge in [-0.2, -0.15) is 0 Å². The Kier molecular flexibility index (Phi) is 2.80. The summed E-state index contributed by atoms with van der Waals surface area (Å²) in [6.45, 7) is 0. The normalized spacial score (nSPS) is 45.4. The second-order valence-electron chi connectivity index (χ2n) is 5.13. The number of hydrogen-bond donors (Lipinski definition) is 3. The number of aliphatic hydroxyl groups is 1. The summed E-state index contributed by atoms with van der Waals surface area (Å²) in [5.41, 5.74) is 0. The summed E-state index contributed by atoms with van der Waals surface area (Å²) in [6.07, 6.45) is 2.72. The molecule has 0 radical (unpaired) electrons. The first-order valence-corrected chi connectivity index (χ1v) is 6.49. The van der Waals surface area contributed by atoms with Crippen LogP contribution in [0.4, 0.5) is 0 Å². The van der Waals surface area contributed by atoms with Gasteiger partial charge >= 0.3 is 0 Å². The molecule has 2 heterocycles. The van der Waals surface area contributed by atoms with Gasteiger partial charge in [-0.15, -0.1) is 0 Å². The maximum Gasteiger partial charge on any atom is 0.233 e. The molecule has 1 amide bonds. The summed E-state index contributed by atoms with van der Waals surface area (Å²) in [7, 11) is 0. The van der Waals surface area contributed by atoms with Crippen LogP contribution in [0.3, 0.4) is 0 Å². The van der Waals surface area contributed by atoms with Gasteiger partial charge in [0, 0.05) is 0 Å². The molecule has 1 aliphatic carbocycles. The molecule has 0 spiro atoms. The van der Waals surface area contributed by atoms with E-state index in [4.69, 9.17) is 17.0 Å². The van der Waals surface area contributed by atoms with Gasteiger partial charge in [0.1, 0.15) is 6.23 Å². The highest BCUT2D eigenvalue weighted by Crippen LogP contribution is 2.38. The topological polar surface area (TPSA) is 70.6 Å². The van der Waals surface area contributed by atoms with Crippen molar-refractivity contribution in [2.75, 3.05) is 0 Å². The standard InChI is InChI=1S/C11H16N2O3S/c14-6-2-1-5-3-7-9(15)12-11(17)13-10(7)16-8(5)4-6/h5-8,10,14H,1-4H2,(H2,12,13,15,17). The van der Waals surface area contributed by atoms with E-state index in [0.29, 0.717) is 17.5 Å². The van der Waals surface area contributed by atoms with Crippen molar-refractivity contribution in [1.82, 2.24) is 10.6 Å². The van der Waals surface area contributed by atoms with E-state index < -0.39 is 0 Å². The van der Waals surface area contributed by atoms with Crippen molar-refractivity contribution >= 4 is 23.2 Å². The van der Waals surface area contributed by atoms with E-state index in [0.717, 1.165) is 19.3 Å². The predicted octanol–water partition coefficient (Wildman–Crippen LogP) is -0.117. The Hall–Kier alpha value is -0.720. The van der Waals surface area contributed by atoms with Crippen LogP contribution in [0.1, 0.15) is 25.7 Å². The lowest BCUT2D eigenvalue weighted by Gasteiger charge is -2.46. The second-order valence-corrected chi connectivity index (χ2v) is 5.54. The molecule has 0 bridgehead atoms. The van der Waals surface area contributed by atoms with E-state index in [1.807, 2.05) is 0 Å². The first kappa shape index (κ1) is 11.4.